The lowest BCUT2D eigenvalue weighted by Crippen LogP contribution is -2.45. The van der Waals surface area contributed by atoms with E-state index in [0.717, 1.165) is 12.0 Å². The molecule has 0 amide bonds. The molecule has 0 aromatic carbocycles. The van der Waals surface area contributed by atoms with Gasteiger partial charge in [-0.2, -0.15) is 0 Å². The van der Waals surface area contributed by atoms with Crippen molar-refractivity contribution in [3.05, 3.63) is 28.2 Å². The molecule has 3 rings (SSSR count). The van der Waals surface area contributed by atoms with Crippen LogP contribution in [0.5, 0.6) is 0 Å². The minimum atomic E-state index is -0.581. The van der Waals surface area contributed by atoms with Crippen molar-refractivity contribution in [2.24, 2.45) is 5.92 Å². The maximum Gasteiger partial charge on any atom is 0.500 e. The van der Waals surface area contributed by atoms with Gasteiger partial charge in [0.1, 0.15) is 0 Å². The highest BCUT2D eigenvalue weighted by Crippen LogP contribution is 2.36. The maximum atomic E-state index is 12.6. The third kappa shape index (κ3) is 2.33. The number of hydrogen-bond donors (Lipinski definition) is 1. The van der Waals surface area contributed by atoms with Crippen molar-refractivity contribution < 1.29 is 9.31 Å². The monoisotopic (exact) mass is 275 g/mol. The van der Waals surface area contributed by atoms with Crippen LogP contribution in [0.2, 0.25) is 0 Å². The molecule has 2 aliphatic rings. The van der Waals surface area contributed by atoms with E-state index in [1.54, 1.807) is 6.20 Å². The third-order valence-corrected chi connectivity index (χ3v) is 4.76. The Morgan fingerprint density at radius 2 is 1.80 bits per heavy atom. The highest BCUT2D eigenvalue weighted by atomic mass is 16.7. The third-order valence-electron chi connectivity index (χ3n) is 4.76. The van der Waals surface area contributed by atoms with Crippen LogP contribution < -0.4 is 10.9 Å². The van der Waals surface area contributed by atoms with Crippen LogP contribution in [0.1, 0.15) is 46.1 Å². The lowest BCUT2D eigenvalue weighted by Gasteiger charge is -2.32. The minimum absolute atomic E-state index is 0.0640. The van der Waals surface area contributed by atoms with Crippen LogP contribution in [0.15, 0.2) is 17.2 Å². The molecule has 0 unspecified atom stereocenters. The van der Waals surface area contributed by atoms with Crippen molar-refractivity contribution in [3.8, 4) is 0 Å². The molecule has 1 aromatic rings. The Bertz CT molecular complexity index is 559. The first-order valence-corrected chi connectivity index (χ1v) is 7.36. The van der Waals surface area contributed by atoms with Gasteiger partial charge in [-0.15, -0.1) is 0 Å². The zero-order chi connectivity index (χ0) is 14.5. The van der Waals surface area contributed by atoms with Crippen LogP contribution >= 0.6 is 0 Å². The molecule has 0 spiro atoms. The Labute approximate surface area is 120 Å². The highest BCUT2D eigenvalue weighted by Gasteiger charge is 2.52. The van der Waals surface area contributed by atoms with Gasteiger partial charge in [0.05, 0.1) is 11.2 Å². The minimum Gasteiger partial charge on any atom is -0.399 e. The van der Waals surface area contributed by atoms with Gasteiger partial charge in [-0.05, 0) is 52.9 Å². The van der Waals surface area contributed by atoms with Gasteiger partial charge in [-0.3, -0.25) is 4.79 Å². The van der Waals surface area contributed by atoms with Crippen LogP contribution in [0.25, 0.3) is 0 Å². The average molecular weight is 275 g/mol. The number of rotatable bonds is 3. The van der Waals surface area contributed by atoms with Crippen molar-refractivity contribution in [3.63, 3.8) is 0 Å². The molecule has 0 bridgehead atoms. The van der Waals surface area contributed by atoms with Crippen LogP contribution in [0, 0.1) is 5.92 Å². The lowest BCUT2D eigenvalue weighted by molar-refractivity contribution is 0.00578. The van der Waals surface area contributed by atoms with E-state index < -0.39 is 18.3 Å². The van der Waals surface area contributed by atoms with Crippen molar-refractivity contribution in [1.29, 1.82) is 0 Å². The Hall–Kier alpha value is -1.07. The van der Waals surface area contributed by atoms with E-state index in [1.807, 2.05) is 33.9 Å². The van der Waals surface area contributed by atoms with Gasteiger partial charge in [-0.25, -0.2) is 0 Å². The molecule has 1 N–H and O–H groups in total. The molecule has 4 nitrogen and oxygen atoms in total. The van der Waals surface area contributed by atoms with Gasteiger partial charge >= 0.3 is 7.12 Å². The molecule has 0 atom stereocenters. The molecular weight excluding hydrogens is 253 g/mol. The van der Waals surface area contributed by atoms with E-state index in [-0.39, 0.29) is 5.43 Å². The maximum absolute atomic E-state index is 12.6. The van der Waals surface area contributed by atoms with Gasteiger partial charge in [0.25, 0.3) is 0 Å². The number of aromatic amines is 1. The quantitative estimate of drug-likeness (QED) is 0.853. The molecule has 1 aliphatic carbocycles. The Balaban J connectivity index is 1.90. The summed E-state index contributed by atoms with van der Waals surface area (Å²) in [5.41, 5.74) is 0.656. The molecule has 1 aromatic heterocycles. The second-order valence-corrected chi connectivity index (χ2v) is 7.00. The Kier molecular flexibility index (Phi) is 3.10. The molecule has 5 heteroatoms. The first-order valence-electron chi connectivity index (χ1n) is 7.36. The van der Waals surface area contributed by atoms with Gasteiger partial charge in [0, 0.05) is 23.4 Å². The van der Waals surface area contributed by atoms with Crippen LogP contribution in [-0.4, -0.2) is 23.3 Å². The molecule has 0 radical (unpaired) electrons. The fourth-order valence-electron chi connectivity index (χ4n) is 2.48. The van der Waals surface area contributed by atoms with Gasteiger partial charge < -0.3 is 14.3 Å². The summed E-state index contributed by atoms with van der Waals surface area (Å²) in [4.78, 5) is 15.6. The summed E-state index contributed by atoms with van der Waals surface area (Å²) in [5.74, 6) is 0.685. The van der Waals surface area contributed by atoms with Crippen molar-refractivity contribution >= 4 is 12.6 Å². The number of pyridine rings is 1. The number of H-pyrrole nitrogens is 1. The Morgan fingerprint density at radius 3 is 2.35 bits per heavy atom. The molecular formula is C15H22BNO3. The first-order chi connectivity index (χ1) is 9.30. The normalized spacial score (nSPS) is 24.1. The van der Waals surface area contributed by atoms with E-state index in [1.165, 1.54) is 12.8 Å². The van der Waals surface area contributed by atoms with Gasteiger partial charge in [0.15, 0.2) is 5.43 Å². The molecule has 2 heterocycles. The van der Waals surface area contributed by atoms with E-state index in [2.05, 4.69) is 4.98 Å². The highest BCUT2D eigenvalue weighted by molar-refractivity contribution is 6.61. The summed E-state index contributed by atoms with van der Waals surface area (Å²) in [6.45, 7) is 7.98. The average Bonchev–Trinajstić information content (AvgIpc) is 3.10. The van der Waals surface area contributed by atoms with Crippen molar-refractivity contribution in [2.75, 3.05) is 0 Å². The largest absolute Gasteiger partial charge is 0.500 e. The van der Waals surface area contributed by atoms with Gasteiger partial charge in [0.2, 0.25) is 0 Å². The van der Waals surface area contributed by atoms with Crippen molar-refractivity contribution in [2.45, 2.75) is 58.2 Å². The standard InChI is InChI=1S/C15H22BNO3/c1-14(2)15(3,4)20-16(19-14)12-9-17-8-11(13(12)18)7-10-5-6-10/h8-10H,5-7H2,1-4H3,(H,17,18). The summed E-state index contributed by atoms with van der Waals surface area (Å²) in [7, 11) is -0.581. The summed E-state index contributed by atoms with van der Waals surface area (Å²) >= 11 is 0. The predicted octanol–water partition coefficient (Wildman–Crippen LogP) is 1.63. The van der Waals surface area contributed by atoms with Crippen molar-refractivity contribution in [1.82, 2.24) is 4.98 Å². The van der Waals surface area contributed by atoms with E-state index in [4.69, 9.17) is 9.31 Å². The molecule has 1 aliphatic heterocycles. The molecule has 2 fully saturated rings. The zero-order valence-electron chi connectivity index (χ0n) is 12.7. The molecule has 1 saturated heterocycles. The SMILES string of the molecule is CC1(C)OB(c2c[nH]cc(CC3CC3)c2=O)OC1(C)C. The fourth-order valence-corrected chi connectivity index (χ4v) is 2.48. The number of hydrogen-bond acceptors (Lipinski definition) is 3. The number of aromatic nitrogens is 1. The topological polar surface area (TPSA) is 51.3 Å². The summed E-state index contributed by atoms with van der Waals surface area (Å²) in [5, 5.41) is 0. The molecule has 108 valence electrons. The zero-order valence-corrected chi connectivity index (χ0v) is 12.7. The summed E-state index contributed by atoms with van der Waals surface area (Å²) in [6, 6.07) is 0. The molecule has 1 saturated carbocycles. The fraction of sp³-hybridized carbons (Fsp3) is 0.667. The second-order valence-electron chi connectivity index (χ2n) is 7.00. The van der Waals surface area contributed by atoms with E-state index >= 15 is 0 Å². The summed E-state index contributed by atoms with van der Waals surface area (Å²) in [6.07, 6.45) is 6.86. The Morgan fingerprint density at radius 1 is 1.20 bits per heavy atom. The number of nitrogens with one attached hydrogen (secondary N) is 1. The van der Waals surface area contributed by atoms with E-state index in [0.29, 0.717) is 11.4 Å². The predicted molar refractivity (Wildman–Crippen MR) is 79.2 cm³/mol. The molecule has 20 heavy (non-hydrogen) atoms. The van der Waals surface area contributed by atoms with E-state index in [9.17, 15) is 4.79 Å². The first kappa shape index (κ1) is 13.9. The lowest BCUT2D eigenvalue weighted by atomic mass is 9.79. The second kappa shape index (κ2) is 4.47. The van der Waals surface area contributed by atoms with Crippen LogP contribution in [0.4, 0.5) is 0 Å². The van der Waals surface area contributed by atoms with Gasteiger partial charge in [-0.1, -0.05) is 0 Å². The summed E-state index contributed by atoms with van der Waals surface area (Å²) < 4.78 is 11.9. The van der Waals surface area contributed by atoms with Crippen LogP contribution in [-0.2, 0) is 15.7 Å². The van der Waals surface area contributed by atoms with Crippen LogP contribution in [0.3, 0.4) is 0 Å². The smallest absolute Gasteiger partial charge is 0.399 e.